The van der Waals surface area contributed by atoms with Gasteiger partial charge in [0, 0.05) is 0 Å². The van der Waals surface area contributed by atoms with Gasteiger partial charge < -0.3 is 5.11 Å². The minimum Gasteiger partial charge on any atom is -0.508 e. The highest BCUT2D eigenvalue weighted by Gasteiger charge is 2.61. The molecule has 1 N–H and O–H groups in total. The van der Waals surface area contributed by atoms with E-state index >= 15 is 0 Å². The molecule has 0 amide bonds. The van der Waals surface area contributed by atoms with Gasteiger partial charge in [0.1, 0.15) is 13.8 Å². The third-order valence-corrected chi connectivity index (χ3v) is 13.9. The van der Waals surface area contributed by atoms with Gasteiger partial charge in [-0.2, -0.15) is 0 Å². The lowest BCUT2D eigenvalue weighted by molar-refractivity contribution is -0.110. The first-order valence-electron chi connectivity index (χ1n) is 8.46. The van der Waals surface area contributed by atoms with E-state index in [4.69, 9.17) is 4.99 Å². The van der Waals surface area contributed by atoms with Crippen molar-refractivity contribution in [1.82, 2.24) is 0 Å². The fourth-order valence-corrected chi connectivity index (χ4v) is 14.0. The number of halogens is 1. The normalized spacial score (nSPS) is 19.5. The highest BCUT2D eigenvalue weighted by molar-refractivity contribution is 14.1. The average molecular weight is 465 g/mol. The predicted molar refractivity (Wildman–Crippen MR) is 115 cm³/mol. The third kappa shape index (κ3) is 2.50. The summed E-state index contributed by atoms with van der Waals surface area (Å²) in [5.74, 6) is 0.319. The summed E-state index contributed by atoms with van der Waals surface area (Å²) in [6.45, 7) is 13.6. The first-order valence-corrected chi connectivity index (χ1v) is 11.5. The maximum Gasteiger partial charge on any atom is 0.191 e. The molecule has 0 saturated carbocycles. The number of ketones is 1. The van der Waals surface area contributed by atoms with E-state index in [0.29, 0.717) is 0 Å². The maximum atomic E-state index is 12.5. The molecule has 1 aliphatic heterocycles. The van der Waals surface area contributed by atoms with Crippen LogP contribution in [0.5, 0.6) is 5.75 Å². The van der Waals surface area contributed by atoms with Crippen LogP contribution in [0.15, 0.2) is 44.1 Å². The first-order chi connectivity index (χ1) is 11.4. The molecule has 0 atom stereocenters. The molecule has 1 aliphatic carbocycles. The Bertz CT molecular complexity index is 853. The van der Waals surface area contributed by atoms with E-state index in [1.807, 2.05) is 18.2 Å². The number of benzene rings is 1. The van der Waals surface area contributed by atoms with Crippen molar-refractivity contribution in [3.05, 3.63) is 39.1 Å². The molecule has 25 heavy (non-hydrogen) atoms. The molecular formula is C20H24INO2Si. The van der Waals surface area contributed by atoms with Crippen molar-refractivity contribution in [1.29, 1.82) is 0 Å². The number of aliphatic imine (C=N–C) groups is 1. The van der Waals surface area contributed by atoms with Crippen molar-refractivity contribution in [2.24, 2.45) is 4.99 Å². The van der Waals surface area contributed by atoms with E-state index in [9.17, 15) is 9.90 Å². The maximum absolute atomic E-state index is 12.5. The van der Waals surface area contributed by atoms with E-state index in [0.717, 1.165) is 25.4 Å². The van der Waals surface area contributed by atoms with E-state index in [-0.39, 0.29) is 21.6 Å². The zero-order chi connectivity index (χ0) is 18.8. The second-order valence-electron chi connectivity index (χ2n) is 8.84. The van der Waals surface area contributed by atoms with Crippen LogP contribution < -0.4 is 5.19 Å². The number of carbonyl (C=O) groups excluding carboxylic acids is 1. The molecule has 132 valence electrons. The summed E-state index contributed by atoms with van der Waals surface area (Å²) in [5.41, 5.74) is 1.84. The van der Waals surface area contributed by atoms with E-state index < -0.39 is 8.07 Å². The van der Waals surface area contributed by atoms with Crippen molar-refractivity contribution in [2.45, 2.75) is 51.6 Å². The van der Waals surface area contributed by atoms with Crippen LogP contribution in [0.1, 0.15) is 41.5 Å². The van der Waals surface area contributed by atoms with Crippen molar-refractivity contribution >= 4 is 53.0 Å². The number of hydrogen-bond donors (Lipinski definition) is 1. The molecule has 0 aromatic heterocycles. The monoisotopic (exact) mass is 465 g/mol. The molecule has 0 radical (unpaired) electrons. The van der Waals surface area contributed by atoms with Crippen LogP contribution in [-0.2, 0) is 4.79 Å². The molecule has 2 aliphatic rings. The average Bonchev–Trinajstić information content (AvgIpc) is 2.46. The Morgan fingerprint density at radius 1 is 1.04 bits per heavy atom. The van der Waals surface area contributed by atoms with Gasteiger partial charge in [-0.3, -0.25) is 4.79 Å². The Morgan fingerprint density at radius 2 is 1.64 bits per heavy atom. The lowest BCUT2D eigenvalue weighted by atomic mass is 10.1. The SMILES string of the molecule is CC(C)(C)[Si]1(C(C)(C)C)C2=C(I)C(=O)C=CC2=Nc2ccc(O)cc21. The number of carbonyl (C=O) groups is 1. The van der Waals surface area contributed by atoms with Gasteiger partial charge in [0.15, 0.2) is 5.78 Å². The Kier molecular flexibility index (Phi) is 4.19. The van der Waals surface area contributed by atoms with Crippen LogP contribution in [0.4, 0.5) is 5.69 Å². The molecule has 3 nitrogen and oxygen atoms in total. The summed E-state index contributed by atoms with van der Waals surface area (Å²) < 4.78 is 0.782. The number of phenols is 1. The van der Waals surface area contributed by atoms with Crippen LogP contribution in [-0.4, -0.2) is 24.7 Å². The molecular weight excluding hydrogens is 441 g/mol. The third-order valence-electron chi connectivity index (χ3n) is 5.33. The molecule has 0 spiro atoms. The summed E-state index contributed by atoms with van der Waals surface area (Å²) >= 11 is 2.20. The van der Waals surface area contributed by atoms with E-state index in [1.165, 1.54) is 0 Å². The number of nitrogens with zero attached hydrogens (tertiary/aromatic N) is 1. The van der Waals surface area contributed by atoms with Crippen LogP contribution in [0.2, 0.25) is 10.1 Å². The van der Waals surface area contributed by atoms with Crippen molar-refractivity contribution in [3.8, 4) is 5.75 Å². The summed E-state index contributed by atoms with van der Waals surface area (Å²) in [6.07, 6.45) is 3.49. The highest BCUT2D eigenvalue weighted by Crippen LogP contribution is 2.58. The lowest BCUT2D eigenvalue weighted by Crippen LogP contribution is -2.66. The van der Waals surface area contributed by atoms with Gasteiger partial charge in [-0.05, 0) is 73.4 Å². The van der Waals surface area contributed by atoms with Gasteiger partial charge in [0.05, 0.1) is 15.0 Å². The quantitative estimate of drug-likeness (QED) is 0.329. The van der Waals surface area contributed by atoms with Crippen LogP contribution in [0, 0.1) is 0 Å². The van der Waals surface area contributed by atoms with Gasteiger partial charge in [-0.25, -0.2) is 4.99 Å². The minimum absolute atomic E-state index is 0.0588. The number of allylic oxidation sites excluding steroid dienone is 4. The highest BCUT2D eigenvalue weighted by atomic mass is 127. The smallest absolute Gasteiger partial charge is 0.191 e. The number of rotatable bonds is 0. The van der Waals surface area contributed by atoms with Gasteiger partial charge in [0.25, 0.3) is 0 Å². The molecule has 0 bridgehead atoms. The summed E-state index contributed by atoms with van der Waals surface area (Å²) in [4.78, 5) is 17.4. The van der Waals surface area contributed by atoms with E-state index in [2.05, 4.69) is 64.1 Å². The van der Waals surface area contributed by atoms with Gasteiger partial charge >= 0.3 is 0 Å². The first kappa shape index (κ1) is 18.6. The number of fused-ring (bicyclic) bond motifs is 2. The molecule has 0 fully saturated rings. The predicted octanol–water partition coefficient (Wildman–Crippen LogP) is 5.10. The molecule has 5 heteroatoms. The fraction of sp³-hybridized carbons (Fsp3) is 0.400. The topological polar surface area (TPSA) is 49.7 Å². The second kappa shape index (κ2) is 5.64. The summed E-state index contributed by atoms with van der Waals surface area (Å²) in [5, 5.41) is 12.4. The van der Waals surface area contributed by atoms with Crippen molar-refractivity contribution < 1.29 is 9.90 Å². The molecule has 1 aromatic rings. The molecule has 0 unspecified atom stereocenters. The summed E-state index contributed by atoms with van der Waals surface area (Å²) in [7, 11) is -2.50. The molecule has 1 aromatic carbocycles. The molecule has 3 rings (SSSR count). The largest absolute Gasteiger partial charge is 0.508 e. The molecule has 0 saturated heterocycles. The number of phenolic OH excluding ortho intramolecular Hbond substituents is 1. The van der Waals surface area contributed by atoms with Crippen LogP contribution >= 0.6 is 22.6 Å². The standard InChI is InChI=1S/C20H24INO2Si/c1-19(2,3)25(20(4,5)6)16-11-12(23)7-8-13(16)22-14-9-10-15(24)17(21)18(14)25/h7-11,23H,1-6H3. The second-order valence-corrected chi connectivity index (χ2v) is 15.5. The summed E-state index contributed by atoms with van der Waals surface area (Å²) in [6, 6.07) is 5.49. The van der Waals surface area contributed by atoms with Gasteiger partial charge in [0.2, 0.25) is 0 Å². The van der Waals surface area contributed by atoms with Crippen molar-refractivity contribution in [3.63, 3.8) is 0 Å². The Balaban J connectivity index is 2.57. The zero-order valence-corrected chi connectivity index (χ0v) is 18.7. The Hall–Kier alpha value is -1.21. The molecule has 1 heterocycles. The number of aromatic hydroxyl groups is 1. The van der Waals surface area contributed by atoms with Gasteiger partial charge in [-0.1, -0.05) is 41.5 Å². The fourth-order valence-electron chi connectivity index (χ4n) is 4.87. The Labute approximate surface area is 164 Å². The minimum atomic E-state index is -2.50. The zero-order valence-electron chi connectivity index (χ0n) is 15.6. The van der Waals surface area contributed by atoms with Crippen LogP contribution in [0.25, 0.3) is 0 Å². The Morgan fingerprint density at radius 3 is 2.20 bits per heavy atom. The lowest BCUT2D eigenvalue weighted by Gasteiger charge is -2.55. The van der Waals surface area contributed by atoms with Crippen molar-refractivity contribution in [2.75, 3.05) is 0 Å². The van der Waals surface area contributed by atoms with Gasteiger partial charge in [-0.15, -0.1) is 0 Å². The van der Waals surface area contributed by atoms with E-state index in [1.54, 1.807) is 12.1 Å². The van der Waals surface area contributed by atoms with Crippen LogP contribution in [0.3, 0.4) is 0 Å². The number of hydrogen-bond acceptors (Lipinski definition) is 3.